The average molecular weight is 561 g/mol. The van der Waals surface area contributed by atoms with Gasteiger partial charge in [-0.3, -0.25) is 0 Å². The number of ether oxygens (including phenoxy) is 1. The molecule has 0 aliphatic carbocycles. The molecule has 1 aliphatic heterocycles. The molecule has 0 N–H and O–H groups in total. The van der Waals surface area contributed by atoms with Gasteiger partial charge < -0.3 is 14.5 Å². The Hall–Kier alpha value is -3.11. The summed E-state index contributed by atoms with van der Waals surface area (Å²) in [5.41, 5.74) is 1.71. The molecule has 0 saturated heterocycles. The van der Waals surface area contributed by atoms with Crippen LogP contribution in [0.25, 0.3) is 16.7 Å². The van der Waals surface area contributed by atoms with Gasteiger partial charge in [0.2, 0.25) is 0 Å². The molecule has 2 aromatic carbocycles. The van der Waals surface area contributed by atoms with Gasteiger partial charge in [-0.25, -0.2) is 9.67 Å². The monoisotopic (exact) mass is 561 g/mol. The number of pyridine rings is 1. The van der Waals surface area contributed by atoms with Crippen molar-refractivity contribution in [2.45, 2.75) is 0 Å². The van der Waals surface area contributed by atoms with Crippen molar-refractivity contribution in [1.29, 1.82) is 0 Å². The molecule has 1 aliphatic rings. The minimum Gasteiger partial charge on any atom is -0.510 e. The number of nitrogens with zero attached hydrogens (tertiary/aromatic N) is 5. The number of anilines is 1. The fourth-order valence-corrected chi connectivity index (χ4v) is 3.00. The second kappa shape index (κ2) is 8.09. The second-order valence-corrected chi connectivity index (χ2v) is 6.36. The van der Waals surface area contributed by atoms with Gasteiger partial charge in [-0.1, -0.05) is 11.5 Å². The Morgan fingerprint density at radius 2 is 1.86 bits per heavy atom. The van der Waals surface area contributed by atoms with Crippen LogP contribution < -0.4 is 9.64 Å². The largest absolute Gasteiger partial charge is 0.510 e. The van der Waals surface area contributed by atoms with Gasteiger partial charge >= 0.3 is 0 Å². The molecule has 7 heteroatoms. The minimum absolute atomic E-state index is 0. The first-order valence-corrected chi connectivity index (χ1v) is 8.81. The molecular formula is C22H16N5OPt-3. The quantitative estimate of drug-likeness (QED) is 0.351. The molecule has 29 heavy (non-hydrogen) atoms. The number of hydrogen-bond acceptors (Lipinski definition) is 5. The van der Waals surface area contributed by atoms with Gasteiger partial charge in [0.25, 0.3) is 0 Å². The van der Waals surface area contributed by atoms with Gasteiger partial charge in [0.1, 0.15) is 0 Å². The SMILES string of the molecule is CN1C=CN(c2[c-]c(Oc3[c-]c4c(cc3)cnn4-c3ccccn3)ccc2)[CH-]1.[Pt]. The summed E-state index contributed by atoms with van der Waals surface area (Å²) in [5.74, 6) is 1.95. The number of fused-ring (bicyclic) bond motifs is 1. The van der Waals surface area contributed by atoms with Gasteiger partial charge in [0.05, 0.1) is 0 Å². The smallest absolute Gasteiger partial charge is 0.151 e. The molecule has 0 saturated carbocycles. The molecule has 0 amide bonds. The van der Waals surface area contributed by atoms with Crippen molar-refractivity contribution in [2.75, 3.05) is 11.9 Å². The summed E-state index contributed by atoms with van der Waals surface area (Å²) in [7, 11) is 1.98. The summed E-state index contributed by atoms with van der Waals surface area (Å²) in [6, 6.07) is 21.9. The summed E-state index contributed by atoms with van der Waals surface area (Å²) < 4.78 is 7.78. The second-order valence-electron chi connectivity index (χ2n) is 6.36. The molecule has 148 valence electrons. The first kappa shape index (κ1) is 19.2. The summed E-state index contributed by atoms with van der Waals surface area (Å²) in [6.45, 7) is 1.97. The number of benzene rings is 2. The molecule has 3 heterocycles. The predicted octanol–water partition coefficient (Wildman–Crippen LogP) is 4.15. The Labute approximate surface area is 183 Å². The van der Waals surface area contributed by atoms with E-state index in [9.17, 15) is 0 Å². The topological polar surface area (TPSA) is 46.4 Å². The third-order valence-electron chi connectivity index (χ3n) is 4.34. The Morgan fingerprint density at radius 3 is 2.66 bits per heavy atom. The van der Waals surface area contributed by atoms with Crippen molar-refractivity contribution in [3.63, 3.8) is 0 Å². The standard InChI is InChI=1S/C22H16N5O.Pt/c1-25-11-12-26(16-25)18-5-4-6-19(13-18)28-20-9-8-17-15-24-27(21(17)14-20)22-7-2-3-10-23-22;/h2-12,15-16H,1H3;/q-3;. The molecule has 6 nitrogen and oxygen atoms in total. The van der Waals surface area contributed by atoms with Crippen molar-refractivity contribution >= 4 is 16.6 Å². The van der Waals surface area contributed by atoms with E-state index in [4.69, 9.17) is 4.74 Å². The summed E-state index contributed by atoms with van der Waals surface area (Å²) in [5, 5.41) is 5.39. The van der Waals surface area contributed by atoms with Crippen molar-refractivity contribution in [2.24, 2.45) is 0 Å². The van der Waals surface area contributed by atoms with Gasteiger partial charge in [-0.05, 0) is 37.1 Å². The molecule has 0 spiro atoms. The predicted molar refractivity (Wildman–Crippen MR) is 107 cm³/mol. The molecule has 0 bridgehead atoms. The Balaban J connectivity index is 0.00000205. The van der Waals surface area contributed by atoms with Crippen LogP contribution in [0.3, 0.4) is 0 Å². The zero-order valence-corrected chi connectivity index (χ0v) is 17.7. The van der Waals surface area contributed by atoms with Crippen molar-refractivity contribution in [3.05, 3.63) is 92.1 Å². The normalized spacial score (nSPS) is 13.0. The Kier molecular flexibility index (Phi) is 5.36. The Morgan fingerprint density at radius 1 is 0.966 bits per heavy atom. The zero-order chi connectivity index (χ0) is 18.9. The molecule has 0 radical (unpaired) electrons. The van der Waals surface area contributed by atoms with Crippen LogP contribution in [-0.4, -0.2) is 26.7 Å². The van der Waals surface area contributed by atoms with Gasteiger partial charge in [0, 0.05) is 45.0 Å². The minimum atomic E-state index is 0. The molecule has 0 fully saturated rings. The van der Waals surface area contributed by atoms with Crippen LogP contribution in [0.1, 0.15) is 0 Å². The van der Waals surface area contributed by atoms with Crippen molar-refractivity contribution < 1.29 is 25.8 Å². The van der Waals surface area contributed by atoms with E-state index in [0.29, 0.717) is 11.5 Å². The first-order chi connectivity index (χ1) is 13.8. The van der Waals surface area contributed by atoms with E-state index >= 15 is 0 Å². The van der Waals surface area contributed by atoms with Crippen LogP contribution in [0.15, 0.2) is 73.3 Å². The van der Waals surface area contributed by atoms with Crippen LogP contribution >= 0.6 is 0 Å². The van der Waals surface area contributed by atoms with Crippen molar-refractivity contribution in [3.8, 4) is 17.3 Å². The number of rotatable bonds is 4. The molecule has 2 aromatic heterocycles. The molecule has 0 atom stereocenters. The molecule has 5 rings (SSSR count). The van der Waals surface area contributed by atoms with Crippen LogP contribution in [0.4, 0.5) is 5.69 Å². The average Bonchev–Trinajstić information content (AvgIpc) is 3.35. The maximum absolute atomic E-state index is 6.02. The van der Waals surface area contributed by atoms with E-state index in [0.717, 1.165) is 22.4 Å². The van der Waals surface area contributed by atoms with Crippen LogP contribution in [0, 0.1) is 18.8 Å². The van der Waals surface area contributed by atoms with E-state index in [1.54, 1.807) is 17.1 Å². The maximum Gasteiger partial charge on any atom is 0.151 e. The Bertz CT molecular complexity index is 1160. The van der Waals surface area contributed by atoms with Gasteiger partial charge in [-0.15, -0.1) is 36.0 Å². The molecule has 0 unspecified atom stereocenters. The fourth-order valence-electron chi connectivity index (χ4n) is 3.00. The fraction of sp³-hybridized carbons (Fsp3) is 0.0455. The van der Waals surface area contributed by atoms with E-state index in [-0.39, 0.29) is 21.1 Å². The van der Waals surface area contributed by atoms with Gasteiger partial charge in [-0.2, -0.15) is 23.9 Å². The zero-order valence-electron chi connectivity index (χ0n) is 15.5. The van der Waals surface area contributed by atoms with Crippen LogP contribution in [-0.2, 0) is 21.1 Å². The van der Waals surface area contributed by atoms with E-state index in [2.05, 4.69) is 22.2 Å². The van der Waals surface area contributed by atoms with E-state index < -0.39 is 0 Å². The van der Waals surface area contributed by atoms with Crippen molar-refractivity contribution in [1.82, 2.24) is 19.7 Å². The third-order valence-corrected chi connectivity index (χ3v) is 4.34. The third kappa shape index (κ3) is 3.89. The maximum atomic E-state index is 6.02. The summed E-state index contributed by atoms with van der Waals surface area (Å²) in [4.78, 5) is 8.32. The van der Waals surface area contributed by atoms with E-state index in [1.807, 2.05) is 84.4 Å². The van der Waals surface area contributed by atoms with E-state index in [1.165, 1.54) is 0 Å². The van der Waals surface area contributed by atoms with Crippen LogP contribution in [0.5, 0.6) is 11.5 Å². The van der Waals surface area contributed by atoms with Gasteiger partial charge in [0.15, 0.2) is 5.82 Å². The summed E-state index contributed by atoms with van der Waals surface area (Å²) in [6.07, 6.45) is 7.48. The molecular weight excluding hydrogens is 545 g/mol. The van der Waals surface area contributed by atoms with Crippen LogP contribution in [0.2, 0.25) is 0 Å². The number of hydrogen-bond donors (Lipinski definition) is 0. The first-order valence-electron chi connectivity index (χ1n) is 8.81. The summed E-state index contributed by atoms with van der Waals surface area (Å²) >= 11 is 0. The molecule has 4 aromatic rings. The number of aromatic nitrogens is 3.